The summed E-state index contributed by atoms with van der Waals surface area (Å²) in [6, 6.07) is 0. The summed E-state index contributed by atoms with van der Waals surface area (Å²) in [4.78, 5) is 14.3. The second kappa shape index (κ2) is 5.36. The first-order chi connectivity index (χ1) is 8.16. The predicted octanol–water partition coefficient (Wildman–Crippen LogP) is 0.607. The zero-order valence-electron chi connectivity index (χ0n) is 10.7. The predicted molar refractivity (Wildman–Crippen MR) is 66.6 cm³/mol. The van der Waals surface area contributed by atoms with Crippen molar-refractivity contribution in [2.24, 2.45) is 11.3 Å². The molecule has 0 aromatic rings. The molecule has 1 heterocycles. The second-order valence-electron chi connectivity index (χ2n) is 5.75. The average Bonchev–Trinajstić information content (AvgIpc) is 2.63. The normalized spacial score (nSPS) is 27.8. The van der Waals surface area contributed by atoms with Gasteiger partial charge in [-0.15, -0.1) is 0 Å². The van der Waals surface area contributed by atoms with Crippen LogP contribution in [0.4, 0.5) is 0 Å². The molecule has 1 saturated heterocycles. The molecule has 2 rings (SSSR count). The molecular formula is C13H24N2O2. The topological polar surface area (TPSA) is 52.6 Å². The quantitative estimate of drug-likeness (QED) is 0.740. The Morgan fingerprint density at radius 1 is 1.53 bits per heavy atom. The van der Waals surface area contributed by atoms with E-state index in [0.29, 0.717) is 0 Å². The van der Waals surface area contributed by atoms with Crippen LogP contribution in [-0.4, -0.2) is 49.2 Å². The zero-order valence-corrected chi connectivity index (χ0v) is 10.7. The number of aliphatic hydroxyl groups excluding tert-OH is 1. The molecule has 2 aliphatic rings. The Labute approximate surface area is 103 Å². The largest absolute Gasteiger partial charge is 0.395 e. The van der Waals surface area contributed by atoms with Crippen LogP contribution >= 0.6 is 0 Å². The van der Waals surface area contributed by atoms with Gasteiger partial charge in [0.1, 0.15) is 0 Å². The Hall–Kier alpha value is -0.610. The molecule has 98 valence electrons. The highest BCUT2D eigenvalue weighted by molar-refractivity contribution is 5.83. The van der Waals surface area contributed by atoms with Crippen LogP contribution in [-0.2, 0) is 4.79 Å². The Balaban J connectivity index is 1.66. The van der Waals surface area contributed by atoms with Gasteiger partial charge in [0.05, 0.1) is 12.0 Å². The number of carbonyl (C=O) groups is 1. The van der Waals surface area contributed by atoms with Crippen molar-refractivity contribution >= 4 is 5.91 Å². The number of hydrogen-bond acceptors (Lipinski definition) is 3. The van der Waals surface area contributed by atoms with Gasteiger partial charge in [0.15, 0.2) is 0 Å². The highest BCUT2D eigenvalue weighted by Crippen LogP contribution is 2.40. The van der Waals surface area contributed by atoms with E-state index in [9.17, 15) is 9.90 Å². The molecule has 1 aliphatic carbocycles. The van der Waals surface area contributed by atoms with E-state index < -0.39 is 5.41 Å². The summed E-state index contributed by atoms with van der Waals surface area (Å²) < 4.78 is 0. The van der Waals surface area contributed by atoms with Crippen molar-refractivity contribution in [3.05, 3.63) is 0 Å². The molecule has 4 nitrogen and oxygen atoms in total. The summed E-state index contributed by atoms with van der Waals surface area (Å²) in [5, 5.41) is 12.3. The molecule has 0 bridgehead atoms. The fourth-order valence-corrected chi connectivity index (χ4v) is 2.90. The Bertz CT molecular complexity index is 271. The molecule has 0 spiro atoms. The number of aliphatic hydroxyl groups is 1. The van der Waals surface area contributed by atoms with Crippen molar-refractivity contribution in [2.75, 3.05) is 33.3 Å². The maximum absolute atomic E-state index is 11.9. The van der Waals surface area contributed by atoms with E-state index in [1.807, 2.05) is 0 Å². The van der Waals surface area contributed by atoms with E-state index in [1.165, 1.54) is 13.0 Å². The number of hydrogen-bond donors (Lipinski definition) is 2. The van der Waals surface area contributed by atoms with Gasteiger partial charge >= 0.3 is 0 Å². The monoisotopic (exact) mass is 240 g/mol. The van der Waals surface area contributed by atoms with Crippen LogP contribution in [0.3, 0.4) is 0 Å². The number of nitrogens with one attached hydrogen (secondary N) is 1. The first kappa shape index (κ1) is 12.8. The van der Waals surface area contributed by atoms with Crippen molar-refractivity contribution in [1.29, 1.82) is 0 Å². The Morgan fingerprint density at radius 3 is 2.76 bits per heavy atom. The molecule has 1 unspecified atom stereocenters. The minimum absolute atomic E-state index is 0.00496. The number of nitrogens with zero attached hydrogens (tertiary/aromatic N) is 1. The van der Waals surface area contributed by atoms with E-state index in [1.54, 1.807) is 0 Å². The lowest BCUT2D eigenvalue weighted by molar-refractivity contribution is -0.139. The summed E-state index contributed by atoms with van der Waals surface area (Å²) in [5.41, 5.74) is -0.438. The van der Waals surface area contributed by atoms with E-state index in [0.717, 1.165) is 44.7 Å². The Morgan fingerprint density at radius 2 is 2.29 bits per heavy atom. The number of amides is 1. The molecule has 0 radical (unpaired) electrons. The average molecular weight is 240 g/mol. The van der Waals surface area contributed by atoms with Crippen LogP contribution in [0.1, 0.15) is 32.1 Å². The minimum atomic E-state index is -0.438. The Kier molecular flexibility index (Phi) is 4.05. The molecule has 4 heteroatoms. The van der Waals surface area contributed by atoms with Gasteiger partial charge in [0.25, 0.3) is 0 Å². The molecule has 1 aliphatic heterocycles. The van der Waals surface area contributed by atoms with E-state index >= 15 is 0 Å². The molecule has 1 atom stereocenters. The fraction of sp³-hybridized carbons (Fsp3) is 0.923. The van der Waals surface area contributed by atoms with Crippen LogP contribution < -0.4 is 5.32 Å². The lowest BCUT2D eigenvalue weighted by Gasteiger charge is -2.38. The van der Waals surface area contributed by atoms with Crippen molar-refractivity contribution in [1.82, 2.24) is 10.2 Å². The number of rotatable bonds is 5. The van der Waals surface area contributed by atoms with Crippen molar-refractivity contribution in [3.63, 3.8) is 0 Å². The van der Waals surface area contributed by atoms with Crippen molar-refractivity contribution in [3.8, 4) is 0 Å². The summed E-state index contributed by atoms with van der Waals surface area (Å²) in [6.45, 7) is 3.10. The third-order valence-electron chi connectivity index (χ3n) is 4.42. The van der Waals surface area contributed by atoms with Gasteiger partial charge in [0.2, 0.25) is 5.91 Å². The summed E-state index contributed by atoms with van der Waals surface area (Å²) in [7, 11) is 2.15. The summed E-state index contributed by atoms with van der Waals surface area (Å²) in [5.74, 6) is 0.796. The number of likely N-dealkylation sites (tertiary alicyclic amines) is 1. The lowest BCUT2D eigenvalue weighted by Crippen LogP contribution is -2.48. The van der Waals surface area contributed by atoms with Crippen molar-refractivity contribution in [2.45, 2.75) is 32.1 Å². The van der Waals surface area contributed by atoms with Gasteiger partial charge < -0.3 is 15.3 Å². The second-order valence-corrected chi connectivity index (χ2v) is 5.75. The molecule has 2 N–H and O–H groups in total. The highest BCUT2D eigenvalue weighted by atomic mass is 16.3. The van der Waals surface area contributed by atoms with E-state index in [-0.39, 0.29) is 12.5 Å². The van der Waals surface area contributed by atoms with Gasteiger partial charge in [-0.3, -0.25) is 4.79 Å². The number of carbonyl (C=O) groups excluding carboxylic acids is 1. The first-order valence-electron chi connectivity index (χ1n) is 6.74. The lowest BCUT2D eigenvalue weighted by atomic mass is 9.68. The summed E-state index contributed by atoms with van der Waals surface area (Å²) >= 11 is 0. The van der Waals surface area contributed by atoms with Crippen LogP contribution in [0.15, 0.2) is 0 Å². The minimum Gasteiger partial charge on any atom is -0.395 e. The van der Waals surface area contributed by atoms with Gasteiger partial charge in [-0.05, 0) is 45.2 Å². The third-order valence-corrected chi connectivity index (χ3v) is 4.42. The molecule has 2 fully saturated rings. The van der Waals surface area contributed by atoms with E-state index in [4.69, 9.17) is 0 Å². The van der Waals surface area contributed by atoms with Crippen LogP contribution in [0.25, 0.3) is 0 Å². The molecule has 0 aromatic carbocycles. The van der Waals surface area contributed by atoms with Gasteiger partial charge in [-0.25, -0.2) is 0 Å². The molecule has 1 saturated carbocycles. The standard InChI is InChI=1S/C13H24N2O2/c1-15-8-4-11(9-15)3-7-14-12(17)13(10-16)5-2-6-13/h11,16H,2-10H2,1H3,(H,14,17). The van der Waals surface area contributed by atoms with Crippen LogP contribution in [0, 0.1) is 11.3 Å². The van der Waals surface area contributed by atoms with Crippen molar-refractivity contribution < 1.29 is 9.90 Å². The molecule has 17 heavy (non-hydrogen) atoms. The third kappa shape index (κ3) is 2.80. The first-order valence-corrected chi connectivity index (χ1v) is 6.74. The van der Waals surface area contributed by atoms with E-state index in [2.05, 4.69) is 17.3 Å². The molecule has 1 amide bonds. The van der Waals surface area contributed by atoms with Gasteiger partial charge in [-0.2, -0.15) is 0 Å². The smallest absolute Gasteiger partial charge is 0.228 e. The zero-order chi connectivity index (χ0) is 12.3. The molecule has 0 aromatic heterocycles. The fourth-order valence-electron chi connectivity index (χ4n) is 2.90. The highest BCUT2D eigenvalue weighted by Gasteiger charge is 2.43. The van der Waals surface area contributed by atoms with Crippen LogP contribution in [0.2, 0.25) is 0 Å². The maximum Gasteiger partial charge on any atom is 0.228 e. The SMILES string of the molecule is CN1CCC(CCNC(=O)C2(CO)CCC2)C1. The maximum atomic E-state index is 11.9. The molecular weight excluding hydrogens is 216 g/mol. The summed E-state index contributed by atoms with van der Waals surface area (Å²) in [6.07, 6.45) is 5.08. The van der Waals surface area contributed by atoms with Crippen LogP contribution in [0.5, 0.6) is 0 Å². The van der Waals surface area contributed by atoms with Gasteiger partial charge in [0, 0.05) is 13.1 Å². The van der Waals surface area contributed by atoms with Gasteiger partial charge in [-0.1, -0.05) is 6.42 Å².